The third-order valence-electron chi connectivity index (χ3n) is 5.50. The fourth-order valence-corrected chi connectivity index (χ4v) is 4.46. The molecule has 2 aliphatic rings. The van der Waals surface area contributed by atoms with Gasteiger partial charge in [-0.25, -0.2) is 0 Å². The van der Waals surface area contributed by atoms with Gasteiger partial charge in [0.15, 0.2) is 0 Å². The summed E-state index contributed by atoms with van der Waals surface area (Å²) >= 11 is 0. The van der Waals surface area contributed by atoms with E-state index in [2.05, 4.69) is 38.1 Å². The van der Waals surface area contributed by atoms with Crippen molar-refractivity contribution >= 4 is 0 Å². The molecule has 0 aromatic heterocycles. The molecule has 0 saturated heterocycles. The fourth-order valence-electron chi connectivity index (χ4n) is 4.46. The van der Waals surface area contributed by atoms with Crippen molar-refractivity contribution in [1.29, 1.82) is 0 Å². The standard InChI is InChI=1S/C16H22O/c1-3-16(4-2)14-12-8-6-5-7-11(12)9-10-13(14)15(16)17/h5-8,13-15,17H,3-4,9-10H2,1-2H3. The van der Waals surface area contributed by atoms with Crippen molar-refractivity contribution in [1.82, 2.24) is 0 Å². The van der Waals surface area contributed by atoms with E-state index in [1.54, 1.807) is 0 Å². The number of aryl methyl sites for hydroxylation is 1. The van der Waals surface area contributed by atoms with Crippen LogP contribution in [-0.4, -0.2) is 11.2 Å². The predicted molar refractivity (Wildman–Crippen MR) is 70.0 cm³/mol. The molecule has 0 aliphatic heterocycles. The Morgan fingerprint density at radius 1 is 1.24 bits per heavy atom. The molecule has 3 rings (SSSR count). The number of aliphatic hydroxyl groups is 1. The van der Waals surface area contributed by atoms with E-state index < -0.39 is 0 Å². The molecular weight excluding hydrogens is 208 g/mol. The number of aliphatic hydroxyl groups excluding tert-OH is 1. The minimum Gasteiger partial charge on any atom is -0.392 e. The Labute approximate surface area is 104 Å². The zero-order valence-electron chi connectivity index (χ0n) is 10.8. The number of hydrogen-bond acceptors (Lipinski definition) is 1. The molecular formula is C16H22O. The lowest BCUT2D eigenvalue weighted by Crippen LogP contribution is -2.60. The van der Waals surface area contributed by atoms with Crippen molar-refractivity contribution in [3.63, 3.8) is 0 Å². The first-order chi connectivity index (χ1) is 8.24. The quantitative estimate of drug-likeness (QED) is 0.824. The second kappa shape index (κ2) is 3.84. The SMILES string of the molecule is CCC1(CC)C(O)C2CCc3ccccc3C21. The Hall–Kier alpha value is -0.820. The number of hydrogen-bond donors (Lipinski definition) is 1. The fraction of sp³-hybridized carbons (Fsp3) is 0.625. The zero-order chi connectivity index (χ0) is 12.0. The lowest BCUT2D eigenvalue weighted by molar-refractivity contribution is -0.155. The van der Waals surface area contributed by atoms with Crippen molar-refractivity contribution in [3.8, 4) is 0 Å². The Bertz CT molecular complexity index is 419. The van der Waals surface area contributed by atoms with Crippen LogP contribution in [0.5, 0.6) is 0 Å². The van der Waals surface area contributed by atoms with Crippen LogP contribution in [0.3, 0.4) is 0 Å². The molecule has 1 saturated carbocycles. The predicted octanol–water partition coefficient (Wildman–Crippen LogP) is 3.51. The zero-order valence-corrected chi connectivity index (χ0v) is 10.8. The Balaban J connectivity index is 2.05. The summed E-state index contributed by atoms with van der Waals surface area (Å²) in [5, 5.41) is 10.5. The average molecular weight is 230 g/mol. The molecule has 0 amide bonds. The van der Waals surface area contributed by atoms with Gasteiger partial charge < -0.3 is 5.11 Å². The largest absolute Gasteiger partial charge is 0.392 e. The molecule has 2 aliphatic carbocycles. The molecule has 1 N–H and O–H groups in total. The molecule has 1 fully saturated rings. The van der Waals surface area contributed by atoms with Crippen LogP contribution in [-0.2, 0) is 6.42 Å². The minimum atomic E-state index is -0.0733. The van der Waals surface area contributed by atoms with E-state index in [1.165, 1.54) is 17.5 Å². The van der Waals surface area contributed by atoms with E-state index in [1.807, 2.05) is 0 Å². The smallest absolute Gasteiger partial charge is 0.0636 e. The lowest BCUT2D eigenvalue weighted by Gasteiger charge is -2.61. The van der Waals surface area contributed by atoms with Gasteiger partial charge in [0.1, 0.15) is 0 Å². The molecule has 1 nitrogen and oxygen atoms in total. The molecule has 0 radical (unpaired) electrons. The van der Waals surface area contributed by atoms with Crippen LogP contribution in [0.1, 0.15) is 50.2 Å². The van der Waals surface area contributed by atoms with Crippen molar-refractivity contribution in [2.45, 2.75) is 51.6 Å². The summed E-state index contributed by atoms with van der Waals surface area (Å²) in [6.45, 7) is 4.47. The Kier molecular flexibility index (Phi) is 2.55. The van der Waals surface area contributed by atoms with E-state index in [0.29, 0.717) is 11.8 Å². The van der Waals surface area contributed by atoms with Gasteiger partial charge in [-0.3, -0.25) is 0 Å². The normalized spacial score (nSPS) is 33.5. The van der Waals surface area contributed by atoms with E-state index in [0.717, 1.165) is 19.3 Å². The summed E-state index contributed by atoms with van der Waals surface area (Å²) in [6.07, 6.45) is 4.44. The van der Waals surface area contributed by atoms with E-state index in [-0.39, 0.29) is 11.5 Å². The third kappa shape index (κ3) is 1.29. The van der Waals surface area contributed by atoms with Gasteiger partial charge in [-0.15, -0.1) is 0 Å². The maximum absolute atomic E-state index is 10.5. The average Bonchev–Trinajstić information content (AvgIpc) is 2.39. The van der Waals surface area contributed by atoms with Crippen LogP contribution in [0.15, 0.2) is 24.3 Å². The van der Waals surface area contributed by atoms with Crippen molar-refractivity contribution < 1.29 is 5.11 Å². The maximum atomic E-state index is 10.5. The van der Waals surface area contributed by atoms with Crippen LogP contribution < -0.4 is 0 Å². The number of benzene rings is 1. The molecule has 3 unspecified atom stereocenters. The third-order valence-corrected chi connectivity index (χ3v) is 5.50. The second-order valence-electron chi connectivity index (χ2n) is 5.76. The first-order valence-corrected chi connectivity index (χ1v) is 7.00. The molecule has 1 aromatic carbocycles. The van der Waals surface area contributed by atoms with Crippen LogP contribution in [0, 0.1) is 11.3 Å². The minimum absolute atomic E-state index is 0.0733. The molecule has 17 heavy (non-hydrogen) atoms. The van der Waals surface area contributed by atoms with E-state index >= 15 is 0 Å². The summed E-state index contributed by atoms with van der Waals surface area (Å²) in [7, 11) is 0. The molecule has 1 heteroatoms. The topological polar surface area (TPSA) is 20.2 Å². The van der Waals surface area contributed by atoms with E-state index in [4.69, 9.17) is 0 Å². The highest BCUT2D eigenvalue weighted by Gasteiger charge is 2.60. The van der Waals surface area contributed by atoms with Gasteiger partial charge in [0.25, 0.3) is 0 Å². The first-order valence-electron chi connectivity index (χ1n) is 7.00. The molecule has 0 heterocycles. The van der Waals surface area contributed by atoms with Gasteiger partial charge in [0.2, 0.25) is 0 Å². The van der Waals surface area contributed by atoms with Crippen molar-refractivity contribution in [2.75, 3.05) is 0 Å². The molecule has 1 aromatic rings. The molecule has 0 spiro atoms. The van der Waals surface area contributed by atoms with Gasteiger partial charge >= 0.3 is 0 Å². The van der Waals surface area contributed by atoms with Crippen LogP contribution in [0.2, 0.25) is 0 Å². The second-order valence-corrected chi connectivity index (χ2v) is 5.76. The summed E-state index contributed by atoms with van der Waals surface area (Å²) in [5.74, 6) is 1.13. The number of rotatable bonds is 2. The van der Waals surface area contributed by atoms with Gasteiger partial charge in [-0.1, -0.05) is 38.1 Å². The van der Waals surface area contributed by atoms with Gasteiger partial charge in [-0.2, -0.15) is 0 Å². The Morgan fingerprint density at radius 3 is 2.65 bits per heavy atom. The Morgan fingerprint density at radius 2 is 1.94 bits per heavy atom. The molecule has 0 bridgehead atoms. The summed E-state index contributed by atoms with van der Waals surface area (Å²) in [4.78, 5) is 0. The van der Waals surface area contributed by atoms with Crippen molar-refractivity contribution in [2.24, 2.45) is 11.3 Å². The maximum Gasteiger partial charge on any atom is 0.0636 e. The van der Waals surface area contributed by atoms with Gasteiger partial charge in [0, 0.05) is 5.41 Å². The van der Waals surface area contributed by atoms with Crippen LogP contribution >= 0.6 is 0 Å². The van der Waals surface area contributed by atoms with E-state index in [9.17, 15) is 5.11 Å². The highest BCUT2D eigenvalue weighted by Crippen LogP contribution is 2.64. The lowest BCUT2D eigenvalue weighted by atomic mass is 9.44. The summed E-state index contributed by atoms with van der Waals surface area (Å²) < 4.78 is 0. The first kappa shape index (κ1) is 11.3. The van der Waals surface area contributed by atoms with Gasteiger partial charge in [-0.05, 0) is 48.6 Å². The summed E-state index contributed by atoms with van der Waals surface area (Å²) in [5.41, 5.74) is 3.20. The molecule has 92 valence electrons. The highest BCUT2D eigenvalue weighted by molar-refractivity contribution is 5.39. The van der Waals surface area contributed by atoms with Gasteiger partial charge in [0.05, 0.1) is 6.10 Å². The van der Waals surface area contributed by atoms with Crippen molar-refractivity contribution in [3.05, 3.63) is 35.4 Å². The van der Waals surface area contributed by atoms with Crippen LogP contribution in [0.4, 0.5) is 0 Å². The van der Waals surface area contributed by atoms with Crippen LogP contribution in [0.25, 0.3) is 0 Å². The highest BCUT2D eigenvalue weighted by atomic mass is 16.3. The molecule has 3 atom stereocenters. The monoisotopic (exact) mass is 230 g/mol. The number of fused-ring (bicyclic) bond motifs is 3. The summed E-state index contributed by atoms with van der Waals surface area (Å²) in [6, 6.07) is 8.86.